The summed E-state index contributed by atoms with van der Waals surface area (Å²) < 4.78 is 13.0. The summed E-state index contributed by atoms with van der Waals surface area (Å²) in [6, 6.07) is 3.48. The molecule has 24 heavy (non-hydrogen) atoms. The van der Waals surface area contributed by atoms with Crippen molar-refractivity contribution < 1.29 is 18.7 Å². The number of rotatable bonds is 3. The Kier molecular flexibility index (Phi) is 3.33. The van der Waals surface area contributed by atoms with E-state index in [2.05, 4.69) is 4.98 Å². The number of aromatic nitrogens is 2. The van der Waals surface area contributed by atoms with Gasteiger partial charge in [-0.05, 0) is 12.1 Å². The monoisotopic (exact) mass is 330 g/mol. The van der Waals surface area contributed by atoms with Gasteiger partial charge in [0.1, 0.15) is 5.76 Å². The number of ether oxygens (including phenoxy) is 1. The van der Waals surface area contributed by atoms with Crippen LogP contribution in [0.4, 0.5) is 4.79 Å². The number of hydrogen-bond acceptors (Lipinski definition) is 5. The Bertz CT molecular complexity index is 769. The molecule has 4 rings (SSSR count). The molecule has 0 N–H and O–H groups in total. The van der Waals surface area contributed by atoms with Crippen molar-refractivity contribution in [3.8, 4) is 0 Å². The summed E-state index contributed by atoms with van der Waals surface area (Å²) >= 11 is 0. The van der Waals surface area contributed by atoms with E-state index in [1.54, 1.807) is 41.5 Å². The summed E-state index contributed by atoms with van der Waals surface area (Å²) in [5, 5.41) is 0. The van der Waals surface area contributed by atoms with Crippen LogP contribution in [0, 0.1) is 0 Å². The third-order valence-corrected chi connectivity index (χ3v) is 4.51. The SMILES string of the molecule is CN1C[C@@]2(CCN(C(=O)c3ccc(Cn4ccnc4)o3)C2)OC1=O. The molecule has 0 aliphatic carbocycles. The van der Waals surface area contributed by atoms with E-state index in [-0.39, 0.29) is 12.0 Å². The highest BCUT2D eigenvalue weighted by Crippen LogP contribution is 2.32. The second kappa shape index (κ2) is 5.40. The second-order valence-corrected chi connectivity index (χ2v) is 6.38. The van der Waals surface area contributed by atoms with Crippen LogP contribution in [0.15, 0.2) is 35.3 Å². The number of furan rings is 1. The first-order valence-electron chi connectivity index (χ1n) is 7.83. The Balaban J connectivity index is 1.43. The van der Waals surface area contributed by atoms with Gasteiger partial charge < -0.3 is 23.5 Å². The molecule has 1 spiro atoms. The molecule has 2 fully saturated rings. The first-order valence-corrected chi connectivity index (χ1v) is 7.83. The normalized spacial score (nSPS) is 23.3. The van der Waals surface area contributed by atoms with E-state index in [0.717, 1.165) is 0 Å². The first kappa shape index (κ1) is 14.8. The molecule has 2 saturated heterocycles. The van der Waals surface area contributed by atoms with Gasteiger partial charge in [-0.25, -0.2) is 9.78 Å². The quantitative estimate of drug-likeness (QED) is 0.844. The lowest BCUT2D eigenvalue weighted by molar-refractivity contribution is 0.0538. The van der Waals surface area contributed by atoms with Gasteiger partial charge in [-0.15, -0.1) is 0 Å². The van der Waals surface area contributed by atoms with E-state index >= 15 is 0 Å². The van der Waals surface area contributed by atoms with Gasteiger partial charge in [-0.1, -0.05) is 0 Å². The predicted octanol–water partition coefficient (Wildman–Crippen LogP) is 1.19. The molecule has 2 aliphatic rings. The van der Waals surface area contributed by atoms with E-state index < -0.39 is 5.60 Å². The maximum atomic E-state index is 12.6. The molecule has 0 bridgehead atoms. The summed E-state index contributed by atoms with van der Waals surface area (Å²) in [6.07, 6.45) is 5.54. The number of amides is 2. The molecule has 126 valence electrons. The lowest BCUT2D eigenvalue weighted by atomic mass is 10.0. The van der Waals surface area contributed by atoms with Crippen LogP contribution in [-0.2, 0) is 11.3 Å². The van der Waals surface area contributed by atoms with Crippen molar-refractivity contribution in [2.24, 2.45) is 0 Å². The minimum absolute atomic E-state index is 0.172. The fourth-order valence-electron chi connectivity index (χ4n) is 3.32. The third kappa shape index (κ3) is 2.53. The van der Waals surface area contributed by atoms with Gasteiger partial charge in [0.05, 0.1) is 26.0 Å². The van der Waals surface area contributed by atoms with Crippen molar-refractivity contribution in [1.29, 1.82) is 0 Å². The predicted molar refractivity (Wildman–Crippen MR) is 82.4 cm³/mol. The lowest BCUT2D eigenvalue weighted by Crippen LogP contribution is -2.39. The lowest BCUT2D eigenvalue weighted by Gasteiger charge is -2.21. The Labute approximate surface area is 138 Å². The van der Waals surface area contributed by atoms with Crippen molar-refractivity contribution in [2.75, 3.05) is 26.7 Å². The smallest absolute Gasteiger partial charge is 0.410 e. The highest BCUT2D eigenvalue weighted by molar-refractivity contribution is 5.92. The maximum Gasteiger partial charge on any atom is 0.410 e. The molecule has 2 amide bonds. The van der Waals surface area contributed by atoms with E-state index in [1.165, 1.54) is 0 Å². The molecule has 8 nitrogen and oxygen atoms in total. The summed E-state index contributed by atoms with van der Waals surface area (Å²) in [7, 11) is 1.70. The molecular weight excluding hydrogens is 312 g/mol. The van der Waals surface area contributed by atoms with Crippen LogP contribution in [0.1, 0.15) is 22.7 Å². The zero-order valence-electron chi connectivity index (χ0n) is 13.3. The highest BCUT2D eigenvalue weighted by Gasteiger charge is 2.49. The molecule has 1 atom stereocenters. The molecule has 4 heterocycles. The molecule has 0 aromatic carbocycles. The Morgan fingerprint density at radius 2 is 2.25 bits per heavy atom. The zero-order valence-corrected chi connectivity index (χ0v) is 13.3. The fourth-order valence-corrected chi connectivity index (χ4v) is 3.32. The van der Waals surface area contributed by atoms with Crippen LogP contribution in [0.3, 0.4) is 0 Å². The van der Waals surface area contributed by atoms with Gasteiger partial charge in [0.2, 0.25) is 0 Å². The third-order valence-electron chi connectivity index (χ3n) is 4.51. The maximum absolute atomic E-state index is 12.6. The molecule has 0 saturated carbocycles. The van der Waals surface area contributed by atoms with Gasteiger partial charge in [0, 0.05) is 32.4 Å². The molecule has 0 unspecified atom stereocenters. The standard InChI is InChI=1S/C16H18N4O4/c1-18-9-16(24-15(18)22)4-6-20(10-16)14(21)13-3-2-12(23-13)8-19-7-5-17-11-19/h2-3,5,7,11H,4,6,8-10H2,1H3/t16-/m1/s1. The van der Waals surface area contributed by atoms with Crippen LogP contribution in [-0.4, -0.2) is 63.6 Å². The summed E-state index contributed by atoms with van der Waals surface area (Å²) in [4.78, 5) is 31.4. The van der Waals surface area contributed by atoms with Crippen molar-refractivity contribution in [3.05, 3.63) is 42.4 Å². The van der Waals surface area contributed by atoms with E-state index in [1.807, 2.05) is 10.8 Å². The van der Waals surface area contributed by atoms with Gasteiger partial charge >= 0.3 is 6.09 Å². The number of hydrogen-bond donors (Lipinski definition) is 0. The number of imidazole rings is 1. The highest BCUT2D eigenvalue weighted by atomic mass is 16.6. The van der Waals surface area contributed by atoms with E-state index in [9.17, 15) is 9.59 Å². The molecule has 2 aliphatic heterocycles. The first-order chi connectivity index (χ1) is 11.5. The minimum atomic E-state index is -0.576. The molecule has 8 heteroatoms. The number of likely N-dealkylation sites (tertiary alicyclic amines) is 1. The average Bonchev–Trinajstić information content (AvgIpc) is 3.31. The number of carbonyl (C=O) groups is 2. The van der Waals surface area contributed by atoms with Crippen LogP contribution in [0.25, 0.3) is 0 Å². The van der Waals surface area contributed by atoms with Crippen LogP contribution >= 0.6 is 0 Å². The number of nitrogens with zero attached hydrogens (tertiary/aromatic N) is 4. The average molecular weight is 330 g/mol. The Morgan fingerprint density at radius 1 is 1.38 bits per heavy atom. The van der Waals surface area contributed by atoms with Crippen LogP contribution < -0.4 is 0 Å². The summed E-state index contributed by atoms with van der Waals surface area (Å²) in [5.41, 5.74) is -0.576. The molecular formula is C16H18N4O4. The van der Waals surface area contributed by atoms with Gasteiger partial charge in [-0.3, -0.25) is 4.79 Å². The topological polar surface area (TPSA) is 80.8 Å². The molecule has 2 aromatic rings. The van der Waals surface area contributed by atoms with Crippen molar-refractivity contribution in [3.63, 3.8) is 0 Å². The Morgan fingerprint density at radius 3 is 2.96 bits per heavy atom. The second-order valence-electron chi connectivity index (χ2n) is 6.38. The number of carbonyl (C=O) groups excluding carboxylic acids is 2. The minimum Gasteiger partial charge on any atom is -0.454 e. The van der Waals surface area contributed by atoms with Crippen LogP contribution in [0.2, 0.25) is 0 Å². The van der Waals surface area contributed by atoms with E-state index in [4.69, 9.17) is 9.15 Å². The molecule has 2 aromatic heterocycles. The van der Waals surface area contributed by atoms with Gasteiger partial charge in [-0.2, -0.15) is 0 Å². The van der Waals surface area contributed by atoms with Gasteiger partial charge in [0.25, 0.3) is 5.91 Å². The van der Waals surface area contributed by atoms with Crippen LogP contribution in [0.5, 0.6) is 0 Å². The van der Waals surface area contributed by atoms with Crippen molar-refractivity contribution >= 4 is 12.0 Å². The van der Waals surface area contributed by atoms with E-state index in [0.29, 0.717) is 44.1 Å². The largest absolute Gasteiger partial charge is 0.454 e. The summed E-state index contributed by atoms with van der Waals surface area (Å²) in [6.45, 7) is 2.00. The number of likely N-dealkylation sites (N-methyl/N-ethyl adjacent to an activating group) is 1. The Hall–Kier alpha value is -2.77. The summed E-state index contributed by atoms with van der Waals surface area (Å²) in [5.74, 6) is 0.825. The van der Waals surface area contributed by atoms with Crippen molar-refractivity contribution in [2.45, 2.75) is 18.6 Å². The van der Waals surface area contributed by atoms with Gasteiger partial charge in [0.15, 0.2) is 11.4 Å². The fraction of sp³-hybridized carbons (Fsp3) is 0.438. The zero-order chi connectivity index (χ0) is 16.7. The van der Waals surface area contributed by atoms with Crippen molar-refractivity contribution in [1.82, 2.24) is 19.4 Å². The molecule has 0 radical (unpaired) electrons.